The molecule has 2 bridgehead atoms. The summed E-state index contributed by atoms with van der Waals surface area (Å²) >= 11 is 0. The molecule has 1 aromatic carbocycles. The molecule has 96 valence electrons. The Morgan fingerprint density at radius 3 is 2.67 bits per heavy atom. The topological polar surface area (TPSA) is 40.5 Å². The highest BCUT2D eigenvalue weighted by Gasteiger charge is 2.48. The number of hydrogen-bond donors (Lipinski definition) is 1. The lowest BCUT2D eigenvalue weighted by molar-refractivity contribution is -0.145. The molecule has 1 N–H and O–H groups in total. The average molecular weight is 245 g/mol. The Kier molecular flexibility index (Phi) is 2.86. The van der Waals surface area contributed by atoms with Gasteiger partial charge in [0, 0.05) is 18.0 Å². The van der Waals surface area contributed by atoms with Crippen LogP contribution in [0.3, 0.4) is 0 Å². The monoisotopic (exact) mass is 245 g/mol. The summed E-state index contributed by atoms with van der Waals surface area (Å²) < 4.78 is 0. The Morgan fingerprint density at radius 2 is 2.00 bits per heavy atom. The molecule has 0 amide bonds. The number of carboxylic acids is 1. The first-order chi connectivity index (χ1) is 8.68. The van der Waals surface area contributed by atoms with E-state index in [2.05, 4.69) is 24.1 Å². The molecule has 2 heterocycles. The number of likely N-dealkylation sites (N-methyl/N-ethyl adjacent to an activating group) is 1. The maximum absolute atomic E-state index is 11.5. The van der Waals surface area contributed by atoms with Crippen LogP contribution < -0.4 is 0 Å². The van der Waals surface area contributed by atoms with Crippen LogP contribution in [0, 0.1) is 5.92 Å². The molecule has 0 unspecified atom stereocenters. The summed E-state index contributed by atoms with van der Waals surface area (Å²) in [7, 11) is 2.15. The van der Waals surface area contributed by atoms with Gasteiger partial charge in [0.1, 0.15) is 0 Å². The summed E-state index contributed by atoms with van der Waals surface area (Å²) in [5.74, 6) is -0.706. The summed E-state index contributed by atoms with van der Waals surface area (Å²) in [6.45, 7) is 0. The van der Waals surface area contributed by atoms with Gasteiger partial charge in [-0.1, -0.05) is 30.3 Å². The molecule has 0 spiro atoms. The zero-order valence-electron chi connectivity index (χ0n) is 10.6. The fourth-order valence-electron chi connectivity index (χ4n) is 3.85. The third kappa shape index (κ3) is 1.74. The smallest absolute Gasteiger partial charge is 0.307 e. The number of rotatable bonds is 2. The molecule has 1 aromatic rings. The Balaban J connectivity index is 1.99. The molecule has 3 rings (SSSR count). The van der Waals surface area contributed by atoms with Crippen LogP contribution in [0.25, 0.3) is 0 Å². The highest BCUT2D eigenvalue weighted by Crippen LogP contribution is 2.46. The summed E-state index contributed by atoms with van der Waals surface area (Å²) in [4.78, 5) is 13.9. The summed E-state index contributed by atoms with van der Waals surface area (Å²) in [5.41, 5.74) is 1.18. The Hall–Kier alpha value is -1.35. The zero-order chi connectivity index (χ0) is 12.7. The van der Waals surface area contributed by atoms with Crippen LogP contribution in [0.5, 0.6) is 0 Å². The van der Waals surface area contributed by atoms with E-state index in [1.165, 1.54) is 5.56 Å². The molecule has 2 fully saturated rings. The predicted molar refractivity (Wildman–Crippen MR) is 69.5 cm³/mol. The molecule has 2 saturated heterocycles. The van der Waals surface area contributed by atoms with Gasteiger partial charge < -0.3 is 5.11 Å². The molecule has 4 atom stereocenters. The zero-order valence-corrected chi connectivity index (χ0v) is 10.6. The average Bonchev–Trinajstić information content (AvgIpc) is 2.63. The van der Waals surface area contributed by atoms with Crippen molar-refractivity contribution in [1.82, 2.24) is 4.90 Å². The standard InChI is InChI=1S/C15H19NO2/c1-16-11-7-8-13(16)14(12(9-11)15(17)18)10-5-3-2-4-6-10/h2-6,11-14H,7-9H2,1H3,(H,17,18)/t11-,12+,13-,14+/m1/s1. The van der Waals surface area contributed by atoms with Crippen molar-refractivity contribution in [2.45, 2.75) is 37.3 Å². The second kappa shape index (κ2) is 4.39. The number of nitrogens with zero attached hydrogens (tertiary/aromatic N) is 1. The minimum atomic E-state index is -0.631. The van der Waals surface area contributed by atoms with E-state index in [9.17, 15) is 9.90 Å². The molecule has 0 saturated carbocycles. The minimum absolute atomic E-state index is 0.146. The van der Waals surface area contributed by atoms with Crippen molar-refractivity contribution in [3.8, 4) is 0 Å². The molecule has 0 radical (unpaired) electrons. The van der Waals surface area contributed by atoms with E-state index in [-0.39, 0.29) is 11.8 Å². The predicted octanol–water partition coefficient (Wildman–Crippen LogP) is 2.34. The van der Waals surface area contributed by atoms with Crippen molar-refractivity contribution in [2.75, 3.05) is 7.05 Å². The lowest BCUT2D eigenvalue weighted by Crippen LogP contribution is -2.47. The first kappa shape index (κ1) is 11.7. The van der Waals surface area contributed by atoms with Crippen LogP contribution in [0.2, 0.25) is 0 Å². The Labute approximate surface area is 107 Å². The SMILES string of the molecule is CN1[C@@H]2CC[C@@H]1[C@@H](c1ccccc1)[C@@H](C(=O)O)C2. The van der Waals surface area contributed by atoms with Gasteiger partial charge in [-0.15, -0.1) is 0 Å². The molecule has 3 nitrogen and oxygen atoms in total. The first-order valence-electron chi connectivity index (χ1n) is 6.68. The van der Waals surface area contributed by atoms with Gasteiger partial charge in [-0.05, 0) is 31.9 Å². The number of piperidine rings is 1. The third-order valence-electron chi connectivity index (χ3n) is 4.77. The van der Waals surface area contributed by atoms with Gasteiger partial charge in [-0.25, -0.2) is 0 Å². The molecule has 2 aliphatic rings. The fourth-order valence-corrected chi connectivity index (χ4v) is 3.85. The van der Waals surface area contributed by atoms with Crippen molar-refractivity contribution >= 4 is 5.97 Å². The van der Waals surface area contributed by atoms with Gasteiger partial charge in [0.25, 0.3) is 0 Å². The molecule has 0 aromatic heterocycles. The van der Waals surface area contributed by atoms with Gasteiger partial charge in [-0.3, -0.25) is 9.69 Å². The van der Waals surface area contributed by atoms with Crippen molar-refractivity contribution in [1.29, 1.82) is 0 Å². The number of aliphatic carboxylic acids is 1. The molecule has 0 aliphatic carbocycles. The first-order valence-corrected chi connectivity index (χ1v) is 6.68. The lowest BCUT2D eigenvalue weighted by Gasteiger charge is -2.41. The van der Waals surface area contributed by atoms with Crippen molar-refractivity contribution in [3.63, 3.8) is 0 Å². The van der Waals surface area contributed by atoms with Crippen molar-refractivity contribution in [3.05, 3.63) is 35.9 Å². The van der Waals surface area contributed by atoms with Crippen molar-refractivity contribution < 1.29 is 9.90 Å². The summed E-state index contributed by atoms with van der Waals surface area (Å²) in [5, 5.41) is 9.50. The molecule has 2 aliphatic heterocycles. The number of carboxylic acid groups (broad SMARTS) is 1. The van der Waals surface area contributed by atoms with E-state index >= 15 is 0 Å². The second-order valence-corrected chi connectivity index (χ2v) is 5.58. The number of carbonyl (C=O) groups is 1. The van der Waals surface area contributed by atoms with Crippen molar-refractivity contribution in [2.24, 2.45) is 5.92 Å². The van der Waals surface area contributed by atoms with Crippen LogP contribution in [-0.4, -0.2) is 35.1 Å². The maximum Gasteiger partial charge on any atom is 0.307 e. The maximum atomic E-state index is 11.5. The van der Waals surface area contributed by atoms with Crippen LogP contribution in [0.15, 0.2) is 30.3 Å². The van der Waals surface area contributed by atoms with E-state index in [4.69, 9.17) is 0 Å². The van der Waals surface area contributed by atoms with E-state index < -0.39 is 5.97 Å². The quantitative estimate of drug-likeness (QED) is 0.869. The van der Waals surface area contributed by atoms with E-state index in [1.807, 2.05) is 18.2 Å². The van der Waals surface area contributed by atoms with Crippen LogP contribution >= 0.6 is 0 Å². The Morgan fingerprint density at radius 1 is 1.28 bits per heavy atom. The minimum Gasteiger partial charge on any atom is -0.481 e. The van der Waals surface area contributed by atoms with Gasteiger partial charge >= 0.3 is 5.97 Å². The third-order valence-corrected chi connectivity index (χ3v) is 4.77. The van der Waals surface area contributed by atoms with Crippen LogP contribution in [-0.2, 0) is 4.79 Å². The van der Waals surface area contributed by atoms with E-state index in [1.54, 1.807) is 0 Å². The van der Waals surface area contributed by atoms with E-state index in [0.29, 0.717) is 12.1 Å². The van der Waals surface area contributed by atoms with Gasteiger partial charge in [0.15, 0.2) is 0 Å². The number of benzene rings is 1. The van der Waals surface area contributed by atoms with Gasteiger partial charge in [0.05, 0.1) is 5.92 Å². The normalized spacial score (nSPS) is 35.6. The van der Waals surface area contributed by atoms with Gasteiger partial charge in [0.2, 0.25) is 0 Å². The molecule has 18 heavy (non-hydrogen) atoms. The van der Waals surface area contributed by atoms with Crippen LogP contribution in [0.1, 0.15) is 30.7 Å². The molecular formula is C15H19NO2. The lowest BCUT2D eigenvalue weighted by atomic mass is 9.76. The largest absolute Gasteiger partial charge is 0.481 e. The van der Waals surface area contributed by atoms with E-state index in [0.717, 1.165) is 19.3 Å². The number of hydrogen-bond acceptors (Lipinski definition) is 2. The molecular weight excluding hydrogens is 226 g/mol. The summed E-state index contributed by atoms with van der Waals surface area (Å²) in [6, 6.07) is 11.0. The number of fused-ring (bicyclic) bond motifs is 2. The van der Waals surface area contributed by atoms with Crippen LogP contribution in [0.4, 0.5) is 0 Å². The molecule has 3 heteroatoms. The van der Waals surface area contributed by atoms with Gasteiger partial charge in [-0.2, -0.15) is 0 Å². The Bertz CT molecular complexity index is 445. The highest BCUT2D eigenvalue weighted by molar-refractivity contribution is 5.72. The summed E-state index contributed by atoms with van der Waals surface area (Å²) in [6.07, 6.45) is 3.07. The fraction of sp³-hybridized carbons (Fsp3) is 0.533. The highest BCUT2D eigenvalue weighted by atomic mass is 16.4. The second-order valence-electron chi connectivity index (χ2n) is 5.58.